The maximum absolute atomic E-state index is 11.9. The fourth-order valence-electron chi connectivity index (χ4n) is 4.06. The summed E-state index contributed by atoms with van der Waals surface area (Å²) >= 11 is 0. The Morgan fingerprint density at radius 1 is 1.04 bits per heavy atom. The van der Waals surface area contributed by atoms with Crippen LogP contribution in [0, 0.1) is 11.3 Å². The van der Waals surface area contributed by atoms with Gasteiger partial charge in [-0.2, -0.15) is 5.26 Å². The quantitative estimate of drug-likeness (QED) is 0.847. The molecule has 146 valence electrons. The van der Waals surface area contributed by atoms with Crippen LogP contribution in [0.2, 0.25) is 0 Å². The number of hydrogen-bond donors (Lipinski definition) is 1. The van der Waals surface area contributed by atoms with Crippen molar-refractivity contribution in [2.24, 2.45) is 5.14 Å². The molecule has 2 heterocycles. The Hall–Kier alpha value is -2.63. The average Bonchev–Trinajstić information content (AvgIpc) is 2.72. The number of anilines is 2. The first-order valence-corrected chi connectivity index (χ1v) is 11.1. The number of primary sulfonamides is 1. The maximum Gasteiger partial charge on any atom is 0.240 e. The molecule has 1 fully saturated rings. The van der Waals surface area contributed by atoms with Crippen molar-refractivity contribution in [1.29, 1.82) is 5.26 Å². The predicted octanol–water partition coefficient (Wildman–Crippen LogP) is 1.81. The van der Waals surface area contributed by atoms with Gasteiger partial charge in [0.1, 0.15) is 16.8 Å². The Bertz CT molecular complexity index is 1040. The lowest BCUT2D eigenvalue weighted by Gasteiger charge is -2.38. The van der Waals surface area contributed by atoms with E-state index in [0.29, 0.717) is 37.4 Å². The Kier molecular flexibility index (Phi) is 4.96. The number of benzene rings is 1. The van der Waals surface area contributed by atoms with Crippen LogP contribution in [0.3, 0.4) is 0 Å². The zero-order valence-electron chi connectivity index (χ0n) is 15.6. The van der Waals surface area contributed by atoms with E-state index in [1.54, 1.807) is 12.1 Å². The summed E-state index contributed by atoms with van der Waals surface area (Å²) < 4.78 is 23.8. The molecule has 2 aliphatic rings. The molecular formula is C20H23N5O2S. The van der Waals surface area contributed by atoms with Crippen LogP contribution in [0.5, 0.6) is 0 Å². The molecule has 28 heavy (non-hydrogen) atoms. The van der Waals surface area contributed by atoms with Gasteiger partial charge in [-0.05, 0) is 49.4 Å². The molecule has 8 heteroatoms. The molecule has 1 aliphatic heterocycles. The van der Waals surface area contributed by atoms with Crippen molar-refractivity contribution in [3.05, 3.63) is 47.2 Å². The highest BCUT2D eigenvalue weighted by atomic mass is 32.2. The van der Waals surface area contributed by atoms with E-state index in [9.17, 15) is 13.7 Å². The topological polar surface area (TPSA) is 103 Å². The van der Waals surface area contributed by atoms with Crippen LogP contribution in [0.25, 0.3) is 0 Å². The van der Waals surface area contributed by atoms with Crippen LogP contribution in [0.1, 0.15) is 29.7 Å². The average molecular weight is 398 g/mol. The van der Waals surface area contributed by atoms with Crippen LogP contribution in [0.4, 0.5) is 11.5 Å². The van der Waals surface area contributed by atoms with E-state index in [2.05, 4.69) is 11.0 Å². The van der Waals surface area contributed by atoms with E-state index >= 15 is 0 Å². The first-order valence-electron chi connectivity index (χ1n) is 9.52. The minimum absolute atomic E-state index is 0.146. The standard InChI is InChI=1S/C20H23N5O2S/c21-14-16-13-15-5-1-2-6-17(15)23-20(16)25-11-9-24(10-12-25)18-7-3-4-8-19(18)28(22,26)27/h3-4,7-8,13H,1-2,5-6,9-12H2,(H2,22,26,27). The molecule has 0 bridgehead atoms. The van der Waals surface area contributed by atoms with Gasteiger partial charge in [0, 0.05) is 31.9 Å². The van der Waals surface area contributed by atoms with Gasteiger partial charge < -0.3 is 9.80 Å². The molecule has 0 radical (unpaired) electrons. The highest BCUT2D eigenvalue weighted by molar-refractivity contribution is 7.89. The van der Waals surface area contributed by atoms with Crippen molar-refractivity contribution in [3.63, 3.8) is 0 Å². The first kappa shape index (κ1) is 18.7. The first-order chi connectivity index (χ1) is 13.5. The van der Waals surface area contributed by atoms with Gasteiger partial charge in [0.25, 0.3) is 0 Å². The van der Waals surface area contributed by atoms with Gasteiger partial charge in [0.2, 0.25) is 10.0 Å². The highest BCUT2D eigenvalue weighted by Crippen LogP contribution is 2.29. The number of nitriles is 1. The lowest BCUT2D eigenvalue weighted by Crippen LogP contribution is -2.47. The molecule has 0 saturated carbocycles. The molecule has 0 amide bonds. The molecule has 2 N–H and O–H groups in total. The Balaban J connectivity index is 1.57. The molecule has 0 spiro atoms. The lowest BCUT2D eigenvalue weighted by molar-refractivity contribution is 0.595. The second-order valence-electron chi connectivity index (χ2n) is 7.27. The van der Waals surface area contributed by atoms with E-state index in [1.165, 1.54) is 11.6 Å². The molecule has 0 unspecified atom stereocenters. The van der Waals surface area contributed by atoms with Crippen LogP contribution in [-0.2, 0) is 22.9 Å². The molecule has 1 aromatic carbocycles. The van der Waals surface area contributed by atoms with E-state index in [1.807, 2.05) is 17.0 Å². The monoisotopic (exact) mass is 397 g/mol. The summed E-state index contributed by atoms with van der Waals surface area (Å²) in [5.41, 5.74) is 3.57. The molecule has 4 rings (SSSR count). The zero-order chi connectivity index (χ0) is 19.7. The summed E-state index contributed by atoms with van der Waals surface area (Å²) in [5.74, 6) is 0.752. The van der Waals surface area contributed by atoms with Crippen molar-refractivity contribution < 1.29 is 8.42 Å². The third-order valence-electron chi connectivity index (χ3n) is 5.49. The molecule has 1 aromatic heterocycles. The van der Waals surface area contributed by atoms with Gasteiger partial charge in [0.05, 0.1) is 11.3 Å². The van der Waals surface area contributed by atoms with E-state index in [4.69, 9.17) is 10.1 Å². The van der Waals surface area contributed by atoms with E-state index in [-0.39, 0.29) is 4.90 Å². The van der Waals surface area contributed by atoms with Gasteiger partial charge in [0.15, 0.2) is 0 Å². The second kappa shape index (κ2) is 7.41. The number of pyridine rings is 1. The summed E-state index contributed by atoms with van der Waals surface area (Å²) in [6.45, 7) is 2.60. The Labute approximate surface area is 165 Å². The Morgan fingerprint density at radius 3 is 2.43 bits per heavy atom. The zero-order valence-corrected chi connectivity index (χ0v) is 16.5. The van der Waals surface area contributed by atoms with Crippen molar-refractivity contribution in [2.45, 2.75) is 30.6 Å². The second-order valence-corrected chi connectivity index (χ2v) is 8.80. The van der Waals surface area contributed by atoms with Gasteiger partial charge in [-0.25, -0.2) is 18.5 Å². The number of para-hydroxylation sites is 1. The number of aromatic nitrogens is 1. The number of rotatable bonds is 3. The van der Waals surface area contributed by atoms with Crippen molar-refractivity contribution in [3.8, 4) is 6.07 Å². The van der Waals surface area contributed by atoms with Gasteiger partial charge in [-0.3, -0.25) is 0 Å². The fraction of sp³-hybridized carbons (Fsp3) is 0.400. The van der Waals surface area contributed by atoms with Gasteiger partial charge in [-0.15, -0.1) is 0 Å². The van der Waals surface area contributed by atoms with Crippen LogP contribution >= 0.6 is 0 Å². The van der Waals surface area contributed by atoms with E-state index < -0.39 is 10.0 Å². The number of fused-ring (bicyclic) bond motifs is 1. The minimum Gasteiger partial charge on any atom is -0.367 e. The van der Waals surface area contributed by atoms with Gasteiger partial charge >= 0.3 is 0 Å². The molecule has 1 aliphatic carbocycles. The number of piperazine rings is 1. The van der Waals surface area contributed by atoms with Crippen molar-refractivity contribution in [1.82, 2.24) is 4.98 Å². The van der Waals surface area contributed by atoms with Crippen LogP contribution < -0.4 is 14.9 Å². The SMILES string of the molecule is N#Cc1cc2c(nc1N1CCN(c3ccccc3S(N)(=O)=O)CC1)CCCC2. The normalized spacial score (nSPS) is 17.1. The van der Waals surface area contributed by atoms with Crippen molar-refractivity contribution >= 4 is 21.5 Å². The molecular weight excluding hydrogens is 374 g/mol. The summed E-state index contributed by atoms with van der Waals surface area (Å²) in [5, 5.41) is 15.0. The summed E-state index contributed by atoms with van der Waals surface area (Å²) in [7, 11) is -3.78. The summed E-state index contributed by atoms with van der Waals surface area (Å²) in [6.07, 6.45) is 4.26. The smallest absolute Gasteiger partial charge is 0.240 e. The number of hydrogen-bond acceptors (Lipinski definition) is 6. The molecule has 0 atom stereocenters. The third-order valence-corrected chi connectivity index (χ3v) is 6.45. The lowest BCUT2D eigenvalue weighted by atomic mass is 9.95. The molecule has 7 nitrogen and oxygen atoms in total. The summed E-state index contributed by atoms with van der Waals surface area (Å²) in [6, 6.07) is 11.1. The minimum atomic E-state index is -3.78. The molecule has 1 saturated heterocycles. The maximum atomic E-state index is 11.9. The fourth-order valence-corrected chi connectivity index (χ4v) is 4.82. The largest absolute Gasteiger partial charge is 0.367 e. The van der Waals surface area contributed by atoms with Crippen LogP contribution in [-0.4, -0.2) is 39.6 Å². The van der Waals surface area contributed by atoms with E-state index in [0.717, 1.165) is 37.2 Å². The number of aryl methyl sites for hydroxylation is 2. The number of nitrogens with zero attached hydrogens (tertiary/aromatic N) is 4. The predicted molar refractivity (Wildman–Crippen MR) is 108 cm³/mol. The molecule has 2 aromatic rings. The highest BCUT2D eigenvalue weighted by Gasteiger charge is 2.25. The van der Waals surface area contributed by atoms with Gasteiger partial charge in [-0.1, -0.05) is 12.1 Å². The number of nitrogens with two attached hydrogens (primary N) is 1. The third kappa shape index (κ3) is 3.55. The Morgan fingerprint density at radius 2 is 1.71 bits per heavy atom. The van der Waals surface area contributed by atoms with Crippen molar-refractivity contribution in [2.75, 3.05) is 36.0 Å². The summed E-state index contributed by atoms with van der Waals surface area (Å²) in [4.78, 5) is 9.13. The number of sulfonamides is 1. The van der Waals surface area contributed by atoms with Crippen LogP contribution in [0.15, 0.2) is 35.2 Å².